The van der Waals surface area contributed by atoms with Gasteiger partial charge in [-0.2, -0.15) is 0 Å². The van der Waals surface area contributed by atoms with Crippen LogP contribution in [0, 0.1) is 0 Å². The van der Waals surface area contributed by atoms with Crippen molar-refractivity contribution in [1.82, 2.24) is 10.2 Å². The first-order chi connectivity index (χ1) is 13.8. The Bertz CT molecular complexity index is 869. The molecule has 1 heterocycles. The van der Waals surface area contributed by atoms with Gasteiger partial charge in [0.25, 0.3) is 5.24 Å². The molecule has 0 aliphatic carbocycles. The topological polar surface area (TPSA) is 148 Å². The number of rotatable bonds is 6. The molecular weight excluding hydrogens is 406 g/mol. The number of thioether (sulfide) groups is 1. The Hall–Kier alpha value is -3.41. The maximum atomic E-state index is 12.1. The van der Waals surface area contributed by atoms with Gasteiger partial charge in [-0.15, -0.1) is 0 Å². The van der Waals surface area contributed by atoms with Gasteiger partial charge >= 0.3 is 23.8 Å². The lowest BCUT2D eigenvalue weighted by Gasteiger charge is -2.14. The molecule has 11 nitrogen and oxygen atoms in total. The maximum Gasteiger partial charge on any atom is 0.339 e. The van der Waals surface area contributed by atoms with E-state index in [9.17, 15) is 28.8 Å². The van der Waals surface area contributed by atoms with Gasteiger partial charge in [-0.1, -0.05) is 11.8 Å². The summed E-state index contributed by atoms with van der Waals surface area (Å²) >= 11 is 0.856. The van der Waals surface area contributed by atoms with E-state index in [1.807, 2.05) is 0 Å². The number of carbonyl (C=O) groups is 6. The van der Waals surface area contributed by atoms with Crippen molar-refractivity contribution in [2.45, 2.75) is 0 Å². The Morgan fingerprint density at radius 1 is 1.07 bits per heavy atom. The minimum atomic E-state index is -1.12. The number of carbonyl (C=O) groups excluding carboxylic acids is 6. The molecule has 0 saturated carbocycles. The highest BCUT2D eigenvalue weighted by molar-refractivity contribution is 8.14. The lowest BCUT2D eigenvalue weighted by Crippen LogP contribution is -2.41. The van der Waals surface area contributed by atoms with E-state index < -0.39 is 29.0 Å². The van der Waals surface area contributed by atoms with Crippen LogP contribution in [0.2, 0.25) is 0 Å². The number of anilines is 1. The largest absolute Gasteiger partial charge is 0.465 e. The van der Waals surface area contributed by atoms with E-state index >= 15 is 0 Å². The minimum Gasteiger partial charge on any atom is -0.465 e. The number of imide groups is 1. The summed E-state index contributed by atoms with van der Waals surface area (Å²) in [7, 11) is 2.30. The van der Waals surface area contributed by atoms with Crippen LogP contribution in [-0.2, 0) is 23.9 Å². The van der Waals surface area contributed by atoms with Gasteiger partial charge < -0.3 is 20.1 Å². The van der Waals surface area contributed by atoms with E-state index in [-0.39, 0.29) is 41.6 Å². The quantitative estimate of drug-likeness (QED) is 0.477. The molecule has 0 atom stereocenters. The molecule has 1 aliphatic rings. The zero-order chi connectivity index (χ0) is 21.6. The van der Waals surface area contributed by atoms with E-state index in [0.29, 0.717) is 0 Å². The highest BCUT2D eigenvalue weighted by Gasteiger charge is 2.29. The zero-order valence-electron chi connectivity index (χ0n) is 15.5. The van der Waals surface area contributed by atoms with Crippen molar-refractivity contribution in [1.29, 1.82) is 0 Å². The number of nitrogens with zero attached hydrogens (tertiary/aromatic N) is 1. The Balaban J connectivity index is 2.04. The average Bonchev–Trinajstić information content (AvgIpc) is 3.04. The summed E-state index contributed by atoms with van der Waals surface area (Å²) in [6, 6.07) is 3.71. The molecule has 0 radical (unpaired) electrons. The normalized spacial score (nSPS) is 13.1. The minimum absolute atomic E-state index is 0.0411. The number of amides is 4. The van der Waals surface area contributed by atoms with Crippen LogP contribution in [0.15, 0.2) is 18.2 Å². The van der Waals surface area contributed by atoms with E-state index in [1.165, 1.54) is 18.2 Å². The number of methoxy groups -OCH3 is 2. The summed E-state index contributed by atoms with van der Waals surface area (Å²) in [5.74, 6) is -4.01. The third-order valence-electron chi connectivity index (χ3n) is 3.76. The first kappa shape index (κ1) is 21.9. The van der Waals surface area contributed by atoms with E-state index in [2.05, 4.69) is 20.1 Å². The summed E-state index contributed by atoms with van der Waals surface area (Å²) in [5, 5.41) is 4.08. The molecule has 1 saturated heterocycles. The molecule has 1 aromatic rings. The second-order valence-corrected chi connectivity index (χ2v) is 6.48. The lowest BCUT2D eigenvalue weighted by atomic mass is 10.1. The van der Waals surface area contributed by atoms with E-state index in [4.69, 9.17) is 0 Å². The molecule has 29 heavy (non-hydrogen) atoms. The van der Waals surface area contributed by atoms with Crippen molar-refractivity contribution in [2.24, 2.45) is 0 Å². The average molecular weight is 423 g/mol. The van der Waals surface area contributed by atoms with Gasteiger partial charge in [0.1, 0.15) is 0 Å². The molecule has 1 aliphatic heterocycles. The summed E-state index contributed by atoms with van der Waals surface area (Å²) in [5.41, 5.74) is -0.160. The highest BCUT2D eigenvalue weighted by atomic mass is 32.2. The van der Waals surface area contributed by atoms with Crippen LogP contribution in [0.25, 0.3) is 0 Å². The second-order valence-electron chi connectivity index (χ2n) is 5.55. The summed E-state index contributed by atoms with van der Waals surface area (Å²) < 4.78 is 9.19. The molecule has 4 amide bonds. The highest BCUT2D eigenvalue weighted by Crippen LogP contribution is 2.20. The molecule has 1 fully saturated rings. The van der Waals surface area contributed by atoms with Crippen LogP contribution in [-0.4, -0.2) is 72.9 Å². The molecular formula is C17H17N3O8S. The van der Waals surface area contributed by atoms with E-state index in [1.54, 1.807) is 0 Å². The second kappa shape index (κ2) is 9.68. The molecule has 2 N–H and O–H groups in total. The first-order valence-corrected chi connectivity index (χ1v) is 9.14. The molecule has 1 aromatic carbocycles. The lowest BCUT2D eigenvalue weighted by molar-refractivity contribution is -0.136. The number of benzene rings is 1. The van der Waals surface area contributed by atoms with Crippen molar-refractivity contribution in [2.75, 3.05) is 38.4 Å². The fraction of sp³-hybridized carbons (Fsp3) is 0.294. The third-order valence-corrected chi connectivity index (χ3v) is 4.62. The van der Waals surface area contributed by atoms with Gasteiger partial charge in [-0.05, 0) is 18.2 Å². The van der Waals surface area contributed by atoms with Crippen molar-refractivity contribution < 1.29 is 38.2 Å². The fourth-order valence-corrected chi connectivity index (χ4v) is 3.07. The zero-order valence-corrected chi connectivity index (χ0v) is 16.3. The van der Waals surface area contributed by atoms with Crippen LogP contribution < -0.4 is 10.6 Å². The van der Waals surface area contributed by atoms with Crippen molar-refractivity contribution in [3.8, 4) is 0 Å². The van der Waals surface area contributed by atoms with Crippen molar-refractivity contribution in [3.05, 3.63) is 29.3 Å². The van der Waals surface area contributed by atoms with Crippen LogP contribution >= 0.6 is 11.8 Å². The summed E-state index contributed by atoms with van der Waals surface area (Å²) in [6.45, 7) is -0.203. The van der Waals surface area contributed by atoms with Gasteiger partial charge in [0.2, 0.25) is 5.91 Å². The van der Waals surface area contributed by atoms with Gasteiger partial charge in [0, 0.05) is 13.1 Å². The maximum absolute atomic E-state index is 12.1. The molecule has 0 aromatic heterocycles. The van der Waals surface area contributed by atoms with Gasteiger partial charge in [0.05, 0.1) is 36.8 Å². The van der Waals surface area contributed by atoms with Gasteiger partial charge in [0.15, 0.2) is 0 Å². The molecule has 154 valence electrons. The molecule has 2 rings (SSSR count). The Morgan fingerprint density at radius 3 is 2.34 bits per heavy atom. The Kier molecular flexibility index (Phi) is 7.31. The summed E-state index contributed by atoms with van der Waals surface area (Å²) in [4.78, 5) is 71.6. The van der Waals surface area contributed by atoms with Crippen LogP contribution in [0.4, 0.5) is 10.5 Å². The predicted octanol–water partition coefficient (Wildman–Crippen LogP) is 0.00990. The first-order valence-electron chi connectivity index (χ1n) is 8.15. The van der Waals surface area contributed by atoms with Gasteiger partial charge in [-0.3, -0.25) is 24.1 Å². The number of ether oxygens (including phenoxy) is 2. The van der Waals surface area contributed by atoms with E-state index in [0.717, 1.165) is 30.9 Å². The number of esters is 2. The number of hydrogen-bond donors (Lipinski definition) is 2. The predicted molar refractivity (Wildman–Crippen MR) is 100 cm³/mol. The molecule has 0 spiro atoms. The molecule has 0 unspecified atom stereocenters. The number of hydrogen-bond acceptors (Lipinski definition) is 9. The molecule has 12 heteroatoms. The SMILES string of the molecule is COC(=O)c1ccc(C(=O)OC)c(NC(=O)C(=O)NCCN2C(=O)CSC2=O)c1. The number of nitrogens with one attached hydrogen (secondary N) is 2. The van der Waals surface area contributed by atoms with Crippen LogP contribution in [0.3, 0.4) is 0 Å². The Labute approximate surface area is 169 Å². The standard InChI is InChI=1S/C17H17N3O8S/c1-27-15(24)9-3-4-10(16(25)28-2)11(7-9)19-14(23)13(22)18-5-6-20-12(21)8-29-17(20)26/h3-4,7H,5-6,8H2,1-2H3,(H,18,22)(H,19,23). The van der Waals surface area contributed by atoms with Crippen molar-refractivity contribution >= 4 is 52.3 Å². The van der Waals surface area contributed by atoms with Crippen LogP contribution in [0.5, 0.6) is 0 Å². The van der Waals surface area contributed by atoms with Crippen LogP contribution in [0.1, 0.15) is 20.7 Å². The smallest absolute Gasteiger partial charge is 0.339 e. The monoisotopic (exact) mass is 423 g/mol. The fourth-order valence-electron chi connectivity index (χ4n) is 2.32. The molecule has 0 bridgehead atoms. The van der Waals surface area contributed by atoms with Crippen molar-refractivity contribution in [3.63, 3.8) is 0 Å². The third kappa shape index (κ3) is 5.31. The summed E-state index contributed by atoms with van der Waals surface area (Å²) in [6.07, 6.45) is 0. The van der Waals surface area contributed by atoms with Gasteiger partial charge in [-0.25, -0.2) is 9.59 Å². The Morgan fingerprint density at radius 2 is 1.76 bits per heavy atom.